The van der Waals surface area contributed by atoms with E-state index in [0.29, 0.717) is 5.92 Å². The number of ether oxygens (including phenoxy) is 2. The second-order valence-corrected chi connectivity index (χ2v) is 9.92. The Labute approximate surface area is 226 Å². The van der Waals surface area contributed by atoms with Gasteiger partial charge in [0, 0.05) is 12.1 Å². The van der Waals surface area contributed by atoms with Crippen molar-refractivity contribution in [3.05, 3.63) is 89.0 Å². The van der Waals surface area contributed by atoms with E-state index in [-0.39, 0.29) is 17.7 Å². The van der Waals surface area contributed by atoms with Crippen LogP contribution in [0.1, 0.15) is 72.9 Å². The van der Waals surface area contributed by atoms with E-state index in [2.05, 4.69) is 23.8 Å². The highest BCUT2D eigenvalue weighted by atomic mass is 19.4. The van der Waals surface area contributed by atoms with Gasteiger partial charge in [0.1, 0.15) is 22.9 Å². The zero-order chi connectivity index (χ0) is 29.1. The van der Waals surface area contributed by atoms with Crippen molar-refractivity contribution >= 4 is 5.97 Å². The summed E-state index contributed by atoms with van der Waals surface area (Å²) in [4.78, 5) is 12.4. The summed E-state index contributed by atoms with van der Waals surface area (Å²) in [6.07, 6.45) is -3.82. The van der Waals surface area contributed by atoms with Crippen LogP contribution in [0.4, 0.5) is 30.7 Å². The highest BCUT2D eigenvalue weighted by molar-refractivity contribution is 5.91. The molecule has 0 atom stereocenters. The van der Waals surface area contributed by atoms with Crippen LogP contribution in [0.5, 0.6) is 5.75 Å². The van der Waals surface area contributed by atoms with Crippen molar-refractivity contribution in [1.82, 2.24) is 0 Å². The van der Waals surface area contributed by atoms with E-state index < -0.39 is 41.4 Å². The molecule has 10 heteroatoms. The Morgan fingerprint density at radius 2 is 1.35 bits per heavy atom. The van der Waals surface area contributed by atoms with E-state index in [1.54, 1.807) is 12.1 Å². The average molecular weight is 569 g/mol. The molecule has 0 N–H and O–H groups in total. The number of halogens is 7. The lowest BCUT2D eigenvalue weighted by Gasteiger charge is -2.28. The zero-order valence-electron chi connectivity index (χ0n) is 21.5. The fraction of sp³-hybridized carbons (Fsp3) is 0.367. The Balaban J connectivity index is 1.40. The van der Waals surface area contributed by atoms with Crippen molar-refractivity contribution in [3.63, 3.8) is 0 Å². The Morgan fingerprint density at radius 3 is 1.85 bits per heavy atom. The molecule has 1 aliphatic carbocycles. The van der Waals surface area contributed by atoms with E-state index in [0.717, 1.165) is 17.0 Å². The number of alkyl halides is 5. The molecule has 0 radical (unpaired) electrons. The van der Waals surface area contributed by atoms with Gasteiger partial charge in [-0.25, -0.2) is 18.3 Å². The molecule has 0 saturated heterocycles. The molecular formula is C30H27F7O3. The van der Waals surface area contributed by atoms with Gasteiger partial charge < -0.3 is 4.74 Å². The number of rotatable bonds is 8. The van der Waals surface area contributed by atoms with Gasteiger partial charge in [0.25, 0.3) is 0 Å². The molecule has 0 heterocycles. The molecular weight excluding hydrogens is 541 g/mol. The summed E-state index contributed by atoms with van der Waals surface area (Å²) >= 11 is 0. The molecule has 0 aromatic heterocycles. The van der Waals surface area contributed by atoms with Gasteiger partial charge in [-0.2, -0.15) is 8.78 Å². The van der Waals surface area contributed by atoms with Crippen LogP contribution >= 0.6 is 0 Å². The van der Waals surface area contributed by atoms with Gasteiger partial charge in [-0.15, -0.1) is 13.2 Å². The summed E-state index contributed by atoms with van der Waals surface area (Å²) in [5.74, 6) is -4.65. The molecule has 3 aromatic carbocycles. The minimum atomic E-state index is -5.85. The summed E-state index contributed by atoms with van der Waals surface area (Å²) in [5.41, 5.74) is 0.768. The van der Waals surface area contributed by atoms with E-state index in [1.165, 1.54) is 56.2 Å². The first-order valence-electron chi connectivity index (χ1n) is 12.9. The van der Waals surface area contributed by atoms with Crippen LogP contribution in [-0.4, -0.2) is 12.3 Å². The van der Waals surface area contributed by atoms with Gasteiger partial charge >= 0.3 is 18.4 Å². The maximum atomic E-state index is 14.1. The summed E-state index contributed by atoms with van der Waals surface area (Å²) in [7, 11) is 0. The SMILES string of the molecule is CCCC1CCC(c2ccc(-c3ccc(C(=O)Oc4cc(F)c(C(F)(F)OC(F)(F)F)c(F)c4)cc3)cc2)CC1. The Kier molecular flexibility index (Phi) is 8.87. The highest BCUT2D eigenvalue weighted by Gasteiger charge is 2.49. The first kappa shape index (κ1) is 29.6. The van der Waals surface area contributed by atoms with Gasteiger partial charge in [0.2, 0.25) is 0 Å². The first-order chi connectivity index (χ1) is 18.9. The van der Waals surface area contributed by atoms with Crippen LogP contribution in [0.3, 0.4) is 0 Å². The van der Waals surface area contributed by atoms with Crippen molar-refractivity contribution in [3.8, 4) is 16.9 Å². The van der Waals surface area contributed by atoms with Crippen molar-refractivity contribution in [2.45, 2.75) is 63.8 Å². The zero-order valence-corrected chi connectivity index (χ0v) is 21.5. The van der Waals surface area contributed by atoms with Crippen LogP contribution < -0.4 is 4.74 Å². The standard InChI is InChI=1S/C30H27F7O3/c1-2-3-18-4-6-19(7-5-18)20-8-10-21(11-9-20)22-12-14-23(15-13-22)28(38)39-24-16-25(31)27(26(32)17-24)29(33,34)40-30(35,36)37/h8-19H,2-7H2,1H3. The van der Waals surface area contributed by atoms with Crippen molar-refractivity contribution in [2.75, 3.05) is 0 Å². The fourth-order valence-corrected chi connectivity index (χ4v) is 5.19. The molecule has 0 bridgehead atoms. The monoisotopic (exact) mass is 568 g/mol. The molecule has 0 aliphatic heterocycles. The third kappa shape index (κ3) is 7.21. The first-order valence-corrected chi connectivity index (χ1v) is 12.9. The van der Waals surface area contributed by atoms with E-state index in [1.807, 2.05) is 12.1 Å². The number of carbonyl (C=O) groups excluding carboxylic acids is 1. The molecule has 3 aromatic rings. The molecule has 1 aliphatic rings. The number of hydrogen-bond acceptors (Lipinski definition) is 3. The van der Waals surface area contributed by atoms with Gasteiger partial charge in [-0.05, 0) is 66.3 Å². The molecule has 0 unspecified atom stereocenters. The van der Waals surface area contributed by atoms with E-state index in [9.17, 15) is 35.5 Å². The predicted molar refractivity (Wildman–Crippen MR) is 134 cm³/mol. The van der Waals surface area contributed by atoms with Crippen LogP contribution in [0.15, 0.2) is 60.7 Å². The molecule has 1 saturated carbocycles. The molecule has 4 rings (SSSR count). The summed E-state index contributed by atoms with van der Waals surface area (Å²) in [6.45, 7) is 2.22. The maximum absolute atomic E-state index is 14.1. The van der Waals surface area contributed by atoms with Gasteiger partial charge in [0.05, 0.1) is 5.56 Å². The average Bonchev–Trinajstić information content (AvgIpc) is 2.87. The molecule has 214 valence electrons. The number of carbonyl (C=O) groups is 1. The van der Waals surface area contributed by atoms with Crippen LogP contribution in [-0.2, 0) is 10.8 Å². The number of esters is 1. The predicted octanol–water partition coefficient (Wildman–Crippen LogP) is 9.51. The fourth-order valence-electron chi connectivity index (χ4n) is 5.19. The van der Waals surface area contributed by atoms with Crippen LogP contribution in [0, 0.1) is 17.6 Å². The quantitative estimate of drug-likeness (QED) is 0.154. The third-order valence-electron chi connectivity index (χ3n) is 7.14. The Morgan fingerprint density at radius 1 is 0.825 bits per heavy atom. The van der Waals surface area contributed by atoms with Gasteiger partial charge in [-0.3, -0.25) is 0 Å². The van der Waals surface area contributed by atoms with Gasteiger partial charge in [0.15, 0.2) is 0 Å². The van der Waals surface area contributed by atoms with Crippen molar-refractivity contribution < 1.29 is 45.0 Å². The molecule has 0 spiro atoms. The minimum Gasteiger partial charge on any atom is -0.423 e. The van der Waals surface area contributed by atoms with Crippen molar-refractivity contribution in [1.29, 1.82) is 0 Å². The van der Waals surface area contributed by atoms with Gasteiger partial charge in [-0.1, -0.05) is 56.2 Å². The molecule has 0 amide bonds. The lowest BCUT2D eigenvalue weighted by Crippen LogP contribution is -2.29. The van der Waals surface area contributed by atoms with Crippen LogP contribution in [0.2, 0.25) is 0 Å². The number of benzene rings is 3. The second kappa shape index (κ2) is 12.0. The molecule has 3 nitrogen and oxygen atoms in total. The largest absolute Gasteiger partial charge is 0.527 e. The Hall–Kier alpha value is -3.40. The maximum Gasteiger partial charge on any atom is 0.527 e. The normalized spacial score (nSPS) is 18.0. The van der Waals surface area contributed by atoms with E-state index >= 15 is 0 Å². The highest BCUT2D eigenvalue weighted by Crippen LogP contribution is 2.40. The Bertz CT molecular complexity index is 1290. The topological polar surface area (TPSA) is 35.5 Å². The van der Waals surface area contributed by atoms with Crippen LogP contribution in [0.25, 0.3) is 11.1 Å². The third-order valence-corrected chi connectivity index (χ3v) is 7.14. The number of hydrogen-bond donors (Lipinski definition) is 0. The van der Waals surface area contributed by atoms with E-state index in [4.69, 9.17) is 4.74 Å². The smallest absolute Gasteiger partial charge is 0.423 e. The second-order valence-electron chi connectivity index (χ2n) is 9.92. The lowest BCUT2D eigenvalue weighted by atomic mass is 9.77. The molecule has 1 fully saturated rings. The summed E-state index contributed by atoms with van der Waals surface area (Å²) < 4.78 is 99.5. The van der Waals surface area contributed by atoms with Crippen molar-refractivity contribution in [2.24, 2.45) is 5.92 Å². The lowest BCUT2D eigenvalue weighted by molar-refractivity contribution is -0.432. The summed E-state index contributed by atoms with van der Waals surface area (Å²) in [5, 5.41) is 0. The minimum absolute atomic E-state index is 0.000151. The summed E-state index contributed by atoms with van der Waals surface area (Å²) in [6, 6.07) is 14.7. The molecule has 40 heavy (non-hydrogen) atoms.